The van der Waals surface area contributed by atoms with Gasteiger partial charge in [-0.2, -0.15) is 14.2 Å². The third-order valence-electron chi connectivity index (χ3n) is 20.4. The van der Waals surface area contributed by atoms with Gasteiger partial charge < -0.3 is 78.1 Å². The molecule has 0 saturated carbocycles. The summed E-state index contributed by atoms with van der Waals surface area (Å²) >= 11 is 18.2. The highest BCUT2D eigenvalue weighted by Gasteiger charge is 2.45. The van der Waals surface area contributed by atoms with E-state index in [1.165, 1.54) is 58.9 Å². The molecule has 0 aliphatic carbocycles. The molecule has 6 aliphatic heterocycles. The summed E-state index contributed by atoms with van der Waals surface area (Å²) in [5.41, 5.74) is 4.56. The lowest BCUT2D eigenvalue weighted by molar-refractivity contribution is -0.394. The zero-order valence-electron chi connectivity index (χ0n) is 68.5. The van der Waals surface area contributed by atoms with Crippen LogP contribution in [-0.4, -0.2) is 171 Å². The first-order valence-electron chi connectivity index (χ1n) is 39.4. The first kappa shape index (κ1) is 92.9. The van der Waals surface area contributed by atoms with Crippen molar-refractivity contribution >= 4 is 116 Å². The number of halogens is 3. The lowest BCUT2D eigenvalue weighted by Gasteiger charge is -2.31. The number of nitro groups is 1. The summed E-state index contributed by atoms with van der Waals surface area (Å²) in [4.78, 5) is 119. The number of likely N-dealkylation sites (tertiary alicyclic amines) is 1. The van der Waals surface area contributed by atoms with Crippen molar-refractivity contribution in [2.45, 2.75) is 102 Å². The molecule has 3 fully saturated rings. The third kappa shape index (κ3) is 23.5. The molecule has 11 heterocycles. The van der Waals surface area contributed by atoms with Gasteiger partial charge >= 0.3 is 17.9 Å². The van der Waals surface area contributed by atoms with E-state index >= 15 is 0 Å². The summed E-state index contributed by atoms with van der Waals surface area (Å²) in [6, 6.07) is 34.0. The van der Waals surface area contributed by atoms with Crippen molar-refractivity contribution in [3.05, 3.63) is 244 Å². The van der Waals surface area contributed by atoms with Crippen molar-refractivity contribution in [2.24, 2.45) is 11.8 Å². The Hall–Kier alpha value is -12.9. The number of nitrogens with one attached hydrogen (secondary N) is 4. The molecule has 5 amide bonds. The number of esters is 2. The highest BCUT2D eigenvalue weighted by Crippen LogP contribution is 2.46. The zero-order chi connectivity index (χ0) is 89.8. The first-order chi connectivity index (χ1) is 59.9. The molecule has 6 aliphatic rings. The predicted molar refractivity (Wildman–Crippen MR) is 455 cm³/mol. The molecule has 35 nitrogen and oxygen atoms in total. The number of carbonyl (C=O) groups is 7. The summed E-state index contributed by atoms with van der Waals surface area (Å²) in [5.74, 6) is -0.968. The Labute approximate surface area is 731 Å². The molecule has 1 atom stereocenters. The number of ether oxygens (including phenoxy) is 5. The molecular formula is C86H88Cl3N13O22S. The van der Waals surface area contributed by atoms with E-state index in [1.807, 2.05) is 26.8 Å². The number of hydrogen-bond acceptors (Lipinski definition) is 28. The first-order valence-corrected chi connectivity index (χ1v) is 42.0. The smallest absolute Gasteiger partial charge is 0.490 e. The number of aryl methyl sites for hydroxylation is 2. The number of aromatic nitrogens is 4. The van der Waals surface area contributed by atoms with Gasteiger partial charge in [0.1, 0.15) is 65.5 Å². The van der Waals surface area contributed by atoms with E-state index in [0.717, 1.165) is 43.1 Å². The number of anilines is 2. The molecule has 3 saturated heterocycles. The Morgan fingerprint density at radius 2 is 1.58 bits per heavy atom. The van der Waals surface area contributed by atoms with Gasteiger partial charge in [0.15, 0.2) is 17.3 Å². The normalized spacial score (nSPS) is 16.3. The van der Waals surface area contributed by atoms with Gasteiger partial charge in [-0.15, -0.1) is 0 Å². The van der Waals surface area contributed by atoms with Crippen molar-refractivity contribution in [1.82, 2.24) is 44.5 Å². The largest absolute Gasteiger partial charge is 0.502 e. The Bertz CT molecular complexity index is 5810. The van der Waals surface area contributed by atoms with Gasteiger partial charge in [0.05, 0.1) is 54.1 Å². The van der Waals surface area contributed by atoms with E-state index in [9.17, 15) is 67.1 Å². The number of benzene rings is 4. The van der Waals surface area contributed by atoms with Gasteiger partial charge in [0, 0.05) is 90.7 Å². The van der Waals surface area contributed by atoms with Gasteiger partial charge in [0.2, 0.25) is 38.7 Å². The van der Waals surface area contributed by atoms with Crippen LogP contribution in [0.2, 0.25) is 5.02 Å². The third-order valence-corrected chi connectivity index (χ3v) is 23.3. The second kappa shape index (κ2) is 42.5. The van der Waals surface area contributed by atoms with Crippen LogP contribution in [0.1, 0.15) is 132 Å². The average Bonchev–Trinajstić information content (AvgIpc) is 1.60. The van der Waals surface area contributed by atoms with Crippen LogP contribution in [0.15, 0.2) is 185 Å². The van der Waals surface area contributed by atoms with Gasteiger partial charge in [0.25, 0.3) is 29.5 Å². The Balaban J connectivity index is 0.000000154. The maximum atomic E-state index is 13.2. The molecule has 5 aromatic heterocycles. The molecule has 0 spiro atoms. The van der Waals surface area contributed by atoms with E-state index in [2.05, 4.69) is 48.2 Å². The second-order valence-corrected chi connectivity index (χ2v) is 32.7. The van der Waals surface area contributed by atoms with Crippen LogP contribution in [0.5, 0.6) is 17.2 Å². The Kier molecular flexibility index (Phi) is 31.6. The van der Waals surface area contributed by atoms with Crippen molar-refractivity contribution in [2.75, 3.05) is 83.1 Å². The fourth-order valence-electron chi connectivity index (χ4n) is 13.3. The summed E-state index contributed by atoms with van der Waals surface area (Å²) in [5, 5.41) is 53.7. The van der Waals surface area contributed by atoms with E-state index in [1.54, 1.807) is 115 Å². The minimum absolute atomic E-state index is 0.0314. The van der Waals surface area contributed by atoms with Crippen molar-refractivity contribution in [3.8, 4) is 34.6 Å². The van der Waals surface area contributed by atoms with Gasteiger partial charge in [-0.05, 0) is 196 Å². The quantitative estimate of drug-likeness (QED) is 0.00971. The van der Waals surface area contributed by atoms with E-state index in [-0.39, 0.29) is 91.4 Å². The number of nitriles is 1. The Morgan fingerprint density at radius 1 is 0.824 bits per heavy atom. The summed E-state index contributed by atoms with van der Waals surface area (Å²) in [6.07, 6.45) is 10.9. The predicted octanol–water partition coefficient (Wildman–Crippen LogP) is 11.8. The molecule has 15 rings (SSSR count). The second-order valence-electron chi connectivity index (χ2n) is 29.0. The molecule has 0 bridgehead atoms. The number of rotatable bonds is 21. The zero-order valence-corrected chi connectivity index (χ0v) is 71.6. The van der Waals surface area contributed by atoms with Crippen LogP contribution in [0, 0.1) is 47.1 Å². The lowest BCUT2D eigenvalue weighted by atomic mass is 9.96. The number of nitrogens with zero attached hydrogens (tertiary/aromatic N) is 9. The number of sulfonamides is 1. The topological polar surface area (TPSA) is 465 Å². The number of carbonyl (C=O) groups excluding carboxylic acids is 7. The van der Waals surface area contributed by atoms with Crippen LogP contribution >= 0.6 is 34.8 Å². The van der Waals surface area contributed by atoms with Crippen molar-refractivity contribution in [1.29, 1.82) is 5.26 Å². The lowest BCUT2D eigenvalue weighted by Crippen LogP contribution is -2.44. The highest BCUT2D eigenvalue weighted by atomic mass is 35.5. The maximum Gasteiger partial charge on any atom is 0.490 e. The number of pyridine rings is 1. The van der Waals surface area contributed by atoms with E-state index in [0.29, 0.717) is 141 Å². The summed E-state index contributed by atoms with van der Waals surface area (Å²) < 4.78 is 69.5. The number of alkyl halides is 2. The molecule has 4 aromatic carbocycles. The Morgan fingerprint density at radius 3 is 2.25 bits per heavy atom. The van der Waals surface area contributed by atoms with Gasteiger partial charge in [-0.25, -0.2) is 18.2 Å². The molecule has 1 unspecified atom stereocenters. The van der Waals surface area contributed by atoms with Crippen LogP contribution in [0.4, 0.5) is 17.5 Å². The highest BCUT2D eigenvalue weighted by molar-refractivity contribution is 7.89. The minimum atomic E-state index is -3.60. The van der Waals surface area contributed by atoms with Crippen LogP contribution in [-0.2, 0) is 65.8 Å². The molecule has 656 valence electrons. The van der Waals surface area contributed by atoms with Crippen LogP contribution in [0.3, 0.4) is 0 Å². The van der Waals surface area contributed by atoms with Gasteiger partial charge in [-0.1, -0.05) is 71.8 Å². The van der Waals surface area contributed by atoms with Crippen LogP contribution < -0.4 is 36.2 Å². The molecule has 9 aromatic rings. The SMILES string of the molecule is CC1CCN(S(=O)(=O)c2ccc3c(c2)C(Cl)(Cl)C(=O)N3)CC1.CCCOC(=O)c1cc(-c2ccc(/C=C3\C(=O)NC(=O)C(C#N)=C3C)o2)ccc1Cl.CCOC(=O)C1CCN(C(=O)/C(=C/c2ccco2)NC(=O)c2ccc(C)c(C)c2)CC1.O=[N+]([O-])c1ncn(CN2CCOCC2)n1.O=c1cc(CO)oc(C(Nc2ccccn2)c2ccc3c(c2)OCO3)c1O. The number of aliphatic hydroxyl groups is 1. The monoisotopic (exact) mass is 1790 g/mol. The molecular weight excluding hydrogens is 1710 g/mol. The summed E-state index contributed by atoms with van der Waals surface area (Å²) in [7, 11) is -3.60. The molecule has 0 radical (unpaired) electrons. The number of morpholine rings is 1. The number of fused-ring (bicyclic) bond motifs is 2. The van der Waals surface area contributed by atoms with Crippen molar-refractivity contribution < 1.29 is 94.1 Å². The average molecular weight is 1790 g/mol. The maximum absolute atomic E-state index is 13.2. The molecule has 39 heteroatoms. The van der Waals surface area contributed by atoms with E-state index < -0.39 is 66.8 Å². The number of amides is 5. The number of hydrogen-bond donors (Lipinski definition) is 6. The van der Waals surface area contributed by atoms with E-state index in [4.69, 9.17) is 77.0 Å². The molecule has 6 N–H and O–H groups in total. The molecule has 125 heavy (non-hydrogen) atoms. The number of imide groups is 1. The standard InChI is InChI=1S/C24H28N2O5.C22H17ClN2O5.C19H16N2O6.C14H16Cl2N2O3S.C7H11N5O3/c1-4-30-24(29)18-9-11-26(12-10-18)23(28)21(15-20-6-5-13-31-20)25-22(27)19-8-7-16(2)17(3)14-19;1-3-8-29-22(28)16-9-13(4-6-18(16)23)19-7-5-14(30-19)10-15-12(2)17(11-24)21(27)25-20(15)26;22-9-12-8-13(23)18(24)19(27-12)17(21-16-3-1-2-6-20-16)11-4-5-14-15(7-11)26-10-25-14;1-9-4-6-18(7-5-9)22(20,21)10-2-3-12-11(8-10)14(15,16)13(19)17-12;13-12(14)7-8-5-11(9-7)6-10-1-3-15-4-2-10/h5-8,13-15,18H,4,9-12H2,1-3H3,(H,25,27);4-7,9-10H,3,8H2,1-2H3,(H,25,26,27);1-8,17,22,24H,9-10H2,(H,20,21);2-3,8-9H,4-7H2,1H3,(H,17,19);5H,1-4,6H2/b21-15-;15-10-;;;. The van der Waals surface area contributed by atoms with Gasteiger partial charge in [-0.3, -0.25) is 43.8 Å². The summed E-state index contributed by atoms with van der Waals surface area (Å²) in [6.45, 7) is 16.9. The fourth-order valence-corrected chi connectivity index (χ4v) is 15.4. The fraction of sp³-hybridized carbons (Fsp3) is 0.326. The minimum Gasteiger partial charge on any atom is -0.502 e. The van der Waals surface area contributed by atoms with Crippen LogP contribution in [0.25, 0.3) is 23.5 Å². The number of aromatic hydroxyl groups is 1. The van der Waals surface area contributed by atoms with Crippen molar-refractivity contribution in [3.63, 3.8) is 0 Å². The number of piperidine rings is 2. The number of aliphatic hydroxyl groups excluding tert-OH is 1. The number of furan rings is 2.